The molecule has 1 N–H and O–H groups in total. The number of hydrogen-bond donors (Lipinski definition) is 1. The van der Waals surface area contributed by atoms with Crippen molar-refractivity contribution in [2.45, 2.75) is 37.8 Å². The van der Waals surface area contributed by atoms with Gasteiger partial charge in [0.2, 0.25) is 11.7 Å². The van der Waals surface area contributed by atoms with Crippen LogP contribution in [0.3, 0.4) is 0 Å². The normalized spacial score (nSPS) is 26.1. The zero-order chi connectivity index (χ0) is 17.3. The van der Waals surface area contributed by atoms with Crippen LogP contribution < -0.4 is 5.32 Å². The maximum absolute atomic E-state index is 12.6. The first-order chi connectivity index (χ1) is 12.1. The van der Waals surface area contributed by atoms with Crippen LogP contribution >= 0.6 is 0 Å². The summed E-state index contributed by atoms with van der Waals surface area (Å²) in [6.07, 6.45) is 5.99. The Morgan fingerprint density at radius 1 is 1.40 bits per heavy atom. The number of nitrogens with zero attached hydrogens (tertiary/aromatic N) is 4. The fraction of sp³-hybridized carbons (Fsp3) is 0.529. The molecular formula is C17H21N5O3. The van der Waals surface area contributed by atoms with E-state index >= 15 is 0 Å². The minimum Gasteiger partial charge on any atom is -0.373 e. The van der Waals surface area contributed by atoms with Gasteiger partial charge >= 0.3 is 0 Å². The summed E-state index contributed by atoms with van der Waals surface area (Å²) in [6, 6.07) is 3.70. The van der Waals surface area contributed by atoms with Crippen molar-refractivity contribution in [3.8, 4) is 0 Å². The third kappa shape index (κ3) is 3.34. The quantitative estimate of drug-likeness (QED) is 0.905. The van der Waals surface area contributed by atoms with Gasteiger partial charge in [0.1, 0.15) is 0 Å². The van der Waals surface area contributed by atoms with Crippen LogP contribution in [-0.4, -0.2) is 57.3 Å². The Hall–Kier alpha value is -2.48. The number of hydrogen-bond acceptors (Lipinski definition) is 7. The average Bonchev–Trinajstić information content (AvgIpc) is 3.22. The fourth-order valence-electron chi connectivity index (χ4n) is 3.63. The number of ether oxygens (including phenoxy) is 1. The molecule has 0 aliphatic carbocycles. The van der Waals surface area contributed by atoms with E-state index in [2.05, 4.69) is 20.4 Å². The van der Waals surface area contributed by atoms with Crippen molar-refractivity contribution in [3.05, 3.63) is 36.0 Å². The lowest BCUT2D eigenvalue weighted by atomic mass is 9.89. The Balaban J connectivity index is 1.41. The maximum Gasteiger partial charge on any atom is 0.292 e. The summed E-state index contributed by atoms with van der Waals surface area (Å²) < 4.78 is 11.2. The highest BCUT2D eigenvalue weighted by atomic mass is 16.5. The van der Waals surface area contributed by atoms with E-state index in [0.29, 0.717) is 31.3 Å². The van der Waals surface area contributed by atoms with Crippen LogP contribution in [0.25, 0.3) is 0 Å². The smallest absolute Gasteiger partial charge is 0.292 e. The minimum atomic E-state index is -0.310. The number of nitrogens with one attached hydrogen (secondary N) is 1. The lowest BCUT2D eigenvalue weighted by molar-refractivity contribution is -0.0722. The molecule has 1 spiro atoms. The highest BCUT2D eigenvalue weighted by Crippen LogP contribution is 2.35. The molecule has 0 unspecified atom stereocenters. The number of anilines is 1. The first-order valence-electron chi connectivity index (χ1n) is 8.54. The molecule has 2 aromatic heterocycles. The number of amides is 1. The predicted octanol–water partition coefficient (Wildman–Crippen LogP) is 1.65. The van der Waals surface area contributed by atoms with Crippen molar-refractivity contribution in [2.24, 2.45) is 0 Å². The first kappa shape index (κ1) is 16.0. The highest BCUT2D eigenvalue weighted by Gasteiger charge is 2.45. The van der Waals surface area contributed by atoms with Gasteiger partial charge in [0.15, 0.2) is 0 Å². The van der Waals surface area contributed by atoms with Gasteiger partial charge in [0.05, 0.1) is 17.8 Å². The summed E-state index contributed by atoms with van der Waals surface area (Å²) in [4.78, 5) is 22.8. The molecule has 2 aromatic rings. The third-order valence-corrected chi connectivity index (χ3v) is 4.83. The van der Waals surface area contributed by atoms with Crippen LogP contribution in [0.5, 0.6) is 0 Å². The van der Waals surface area contributed by atoms with Crippen molar-refractivity contribution >= 4 is 11.9 Å². The SMILES string of the molecule is Cc1cc(C(=O)N2CC[C@]3(C[C@H](Nc4ncccn4)CCO3)C2)on1. The zero-order valence-corrected chi connectivity index (χ0v) is 14.1. The number of carbonyl (C=O) groups is 1. The molecule has 0 saturated carbocycles. The molecule has 2 fully saturated rings. The third-order valence-electron chi connectivity index (χ3n) is 4.83. The number of aromatic nitrogens is 3. The summed E-state index contributed by atoms with van der Waals surface area (Å²) in [5, 5.41) is 7.17. The van der Waals surface area contributed by atoms with Crippen molar-refractivity contribution in [2.75, 3.05) is 25.0 Å². The Bertz CT molecular complexity index is 750. The molecule has 4 rings (SSSR count). The Morgan fingerprint density at radius 3 is 3.00 bits per heavy atom. The number of rotatable bonds is 3. The Labute approximate surface area is 145 Å². The predicted molar refractivity (Wildman–Crippen MR) is 89.1 cm³/mol. The van der Waals surface area contributed by atoms with Gasteiger partial charge in [-0.25, -0.2) is 9.97 Å². The van der Waals surface area contributed by atoms with Crippen molar-refractivity contribution in [3.63, 3.8) is 0 Å². The van der Waals surface area contributed by atoms with Gasteiger partial charge in [0.25, 0.3) is 5.91 Å². The van der Waals surface area contributed by atoms with Crippen LogP contribution in [0.2, 0.25) is 0 Å². The van der Waals surface area contributed by atoms with Crippen LogP contribution in [0, 0.1) is 6.92 Å². The zero-order valence-electron chi connectivity index (χ0n) is 14.1. The summed E-state index contributed by atoms with van der Waals surface area (Å²) in [5.41, 5.74) is 0.397. The number of likely N-dealkylation sites (tertiary alicyclic amines) is 1. The largest absolute Gasteiger partial charge is 0.373 e. The molecule has 132 valence electrons. The molecule has 4 heterocycles. The van der Waals surface area contributed by atoms with E-state index < -0.39 is 0 Å². The molecule has 25 heavy (non-hydrogen) atoms. The van der Waals surface area contributed by atoms with E-state index in [4.69, 9.17) is 9.26 Å². The van der Waals surface area contributed by atoms with E-state index in [1.54, 1.807) is 36.4 Å². The van der Waals surface area contributed by atoms with Crippen LogP contribution in [-0.2, 0) is 4.74 Å². The number of aryl methyl sites for hydroxylation is 1. The summed E-state index contributed by atoms with van der Waals surface area (Å²) >= 11 is 0. The van der Waals surface area contributed by atoms with Crippen LogP contribution in [0.15, 0.2) is 29.0 Å². The lowest BCUT2D eigenvalue weighted by Crippen LogP contribution is -2.47. The van der Waals surface area contributed by atoms with Gasteiger partial charge in [0, 0.05) is 37.7 Å². The molecule has 8 nitrogen and oxygen atoms in total. The number of carbonyl (C=O) groups excluding carboxylic acids is 1. The lowest BCUT2D eigenvalue weighted by Gasteiger charge is -2.38. The van der Waals surface area contributed by atoms with E-state index in [1.807, 2.05) is 0 Å². The molecule has 2 atom stereocenters. The van der Waals surface area contributed by atoms with Crippen LogP contribution in [0.1, 0.15) is 35.5 Å². The fourth-order valence-corrected chi connectivity index (χ4v) is 3.63. The van der Waals surface area contributed by atoms with Gasteiger partial charge in [-0.15, -0.1) is 0 Å². The van der Waals surface area contributed by atoms with Crippen molar-refractivity contribution in [1.82, 2.24) is 20.0 Å². The Kier molecular flexibility index (Phi) is 4.12. The second kappa shape index (κ2) is 6.44. The standard InChI is InChI=1S/C17H21N5O3/c1-12-9-14(25-21-12)15(23)22-7-4-17(11-22)10-13(3-8-24-17)20-16-18-5-2-6-19-16/h2,5-6,9,13H,3-4,7-8,10-11H2,1H3,(H,18,19,20)/t13-,17+/m1/s1. The molecule has 1 amide bonds. The molecular weight excluding hydrogens is 322 g/mol. The molecule has 8 heteroatoms. The van der Waals surface area contributed by atoms with Gasteiger partial charge in [-0.05, 0) is 32.3 Å². The monoisotopic (exact) mass is 343 g/mol. The van der Waals surface area contributed by atoms with E-state index in [-0.39, 0.29) is 23.3 Å². The topological polar surface area (TPSA) is 93.4 Å². The minimum absolute atomic E-state index is 0.123. The summed E-state index contributed by atoms with van der Waals surface area (Å²) in [6.45, 7) is 3.69. The molecule has 2 aliphatic heterocycles. The van der Waals surface area contributed by atoms with Crippen molar-refractivity contribution in [1.29, 1.82) is 0 Å². The van der Waals surface area contributed by atoms with E-state index in [9.17, 15) is 4.79 Å². The maximum atomic E-state index is 12.6. The molecule has 2 saturated heterocycles. The first-order valence-corrected chi connectivity index (χ1v) is 8.54. The molecule has 0 aromatic carbocycles. The van der Waals surface area contributed by atoms with E-state index in [0.717, 1.165) is 19.3 Å². The Morgan fingerprint density at radius 2 is 2.24 bits per heavy atom. The van der Waals surface area contributed by atoms with Gasteiger partial charge in [-0.3, -0.25) is 4.79 Å². The summed E-state index contributed by atoms with van der Waals surface area (Å²) in [5.74, 6) is 0.799. The van der Waals surface area contributed by atoms with Gasteiger partial charge in [-0.1, -0.05) is 5.16 Å². The van der Waals surface area contributed by atoms with Gasteiger partial charge < -0.3 is 19.5 Å². The van der Waals surface area contributed by atoms with Gasteiger partial charge in [-0.2, -0.15) is 0 Å². The molecule has 0 radical (unpaired) electrons. The van der Waals surface area contributed by atoms with Crippen LogP contribution in [0.4, 0.5) is 5.95 Å². The highest BCUT2D eigenvalue weighted by molar-refractivity contribution is 5.91. The molecule has 0 bridgehead atoms. The van der Waals surface area contributed by atoms with Crippen molar-refractivity contribution < 1.29 is 14.1 Å². The van der Waals surface area contributed by atoms with E-state index in [1.165, 1.54) is 0 Å². The second-order valence-corrected chi connectivity index (χ2v) is 6.75. The summed E-state index contributed by atoms with van der Waals surface area (Å²) in [7, 11) is 0. The molecule has 2 aliphatic rings. The second-order valence-electron chi connectivity index (χ2n) is 6.75. The average molecular weight is 343 g/mol.